The summed E-state index contributed by atoms with van der Waals surface area (Å²) in [7, 11) is 0. The first kappa shape index (κ1) is 14.9. The van der Waals surface area contributed by atoms with Crippen LogP contribution in [0.15, 0.2) is 15.5 Å². The van der Waals surface area contributed by atoms with Gasteiger partial charge in [-0.3, -0.25) is 4.79 Å². The molecule has 0 radical (unpaired) electrons. The molecule has 6 heteroatoms. The highest BCUT2D eigenvalue weighted by Crippen LogP contribution is 2.29. The van der Waals surface area contributed by atoms with Crippen molar-refractivity contribution in [3.8, 4) is 0 Å². The van der Waals surface area contributed by atoms with E-state index in [4.69, 9.17) is 0 Å². The summed E-state index contributed by atoms with van der Waals surface area (Å²) in [5.41, 5.74) is 0.757. The molecule has 1 aromatic heterocycles. The second-order valence-corrected chi connectivity index (χ2v) is 6.78. The number of rotatable bonds is 4. The van der Waals surface area contributed by atoms with Gasteiger partial charge in [0.05, 0.1) is 11.9 Å². The molecule has 0 spiro atoms. The van der Waals surface area contributed by atoms with E-state index >= 15 is 0 Å². The zero-order valence-electron chi connectivity index (χ0n) is 11.4. The van der Waals surface area contributed by atoms with Crippen LogP contribution in [0, 0.1) is 0 Å². The fraction of sp³-hybridized carbons (Fsp3) is 0.692. The van der Waals surface area contributed by atoms with Crippen molar-refractivity contribution in [1.29, 1.82) is 0 Å². The van der Waals surface area contributed by atoms with Crippen LogP contribution in [0.5, 0.6) is 0 Å². The van der Waals surface area contributed by atoms with Gasteiger partial charge < -0.3 is 5.32 Å². The molecule has 106 valence electrons. The number of aryl methyl sites for hydroxylation is 1. The average Bonchev–Trinajstić information content (AvgIpc) is 2.45. The SMILES string of the molecule is CCn1ncc(NC2CCC(SC)CC2)c(Br)c1=O. The largest absolute Gasteiger partial charge is 0.380 e. The minimum Gasteiger partial charge on any atom is -0.380 e. The third-order valence-corrected chi connectivity index (χ3v) is 5.56. The van der Waals surface area contributed by atoms with E-state index in [-0.39, 0.29) is 5.56 Å². The number of thioether (sulfide) groups is 1. The number of hydrogen-bond donors (Lipinski definition) is 1. The van der Waals surface area contributed by atoms with E-state index in [1.54, 1.807) is 6.20 Å². The number of aromatic nitrogens is 2. The Morgan fingerprint density at radius 2 is 2.16 bits per heavy atom. The van der Waals surface area contributed by atoms with Crippen molar-refractivity contribution in [2.45, 2.75) is 50.4 Å². The van der Waals surface area contributed by atoms with Crippen molar-refractivity contribution in [2.24, 2.45) is 0 Å². The molecule has 0 bridgehead atoms. The number of nitrogens with one attached hydrogen (secondary N) is 1. The second kappa shape index (κ2) is 6.79. The molecule has 1 aliphatic carbocycles. The Labute approximate surface area is 126 Å². The molecule has 0 amide bonds. The number of halogens is 1. The minimum atomic E-state index is -0.0645. The Hall–Kier alpha value is -0.490. The molecule has 0 aliphatic heterocycles. The molecule has 0 aromatic carbocycles. The molecule has 1 saturated carbocycles. The van der Waals surface area contributed by atoms with Crippen LogP contribution in [0.1, 0.15) is 32.6 Å². The smallest absolute Gasteiger partial charge is 0.283 e. The summed E-state index contributed by atoms with van der Waals surface area (Å²) < 4.78 is 2.05. The predicted octanol–water partition coefficient (Wildman–Crippen LogP) is 3.11. The summed E-state index contributed by atoms with van der Waals surface area (Å²) in [5, 5.41) is 8.41. The van der Waals surface area contributed by atoms with E-state index in [9.17, 15) is 4.79 Å². The highest BCUT2D eigenvalue weighted by Gasteiger charge is 2.21. The standard InChI is InChI=1S/C13H20BrN3OS/c1-3-17-13(18)12(14)11(8-15-17)16-9-4-6-10(19-2)7-5-9/h8-10,16H,3-7H2,1-2H3. The fourth-order valence-electron chi connectivity index (χ4n) is 2.45. The molecule has 19 heavy (non-hydrogen) atoms. The summed E-state index contributed by atoms with van der Waals surface area (Å²) in [6.45, 7) is 2.51. The van der Waals surface area contributed by atoms with E-state index in [1.165, 1.54) is 17.5 Å². The van der Waals surface area contributed by atoms with Gasteiger partial charge in [-0.2, -0.15) is 16.9 Å². The summed E-state index contributed by atoms with van der Waals surface area (Å²) in [5.74, 6) is 0. The molecule has 4 nitrogen and oxygen atoms in total. The van der Waals surface area contributed by atoms with Gasteiger partial charge in [-0.05, 0) is 54.8 Å². The third kappa shape index (κ3) is 3.54. The van der Waals surface area contributed by atoms with Crippen molar-refractivity contribution >= 4 is 33.4 Å². The topological polar surface area (TPSA) is 46.9 Å². The molecular weight excluding hydrogens is 326 g/mol. The molecule has 1 fully saturated rings. The maximum atomic E-state index is 12.0. The van der Waals surface area contributed by atoms with Gasteiger partial charge in [0, 0.05) is 17.8 Å². The molecule has 1 aromatic rings. The molecule has 2 rings (SSSR count). The molecule has 0 atom stereocenters. The maximum absolute atomic E-state index is 12.0. The molecule has 1 aliphatic rings. The maximum Gasteiger partial charge on any atom is 0.283 e. The lowest BCUT2D eigenvalue weighted by Crippen LogP contribution is -2.29. The Morgan fingerprint density at radius 1 is 1.47 bits per heavy atom. The van der Waals surface area contributed by atoms with Crippen molar-refractivity contribution in [3.63, 3.8) is 0 Å². The van der Waals surface area contributed by atoms with E-state index in [1.807, 2.05) is 18.7 Å². The van der Waals surface area contributed by atoms with Crippen LogP contribution >= 0.6 is 27.7 Å². The second-order valence-electron chi connectivity index (χ2n) is 4.85. The fourth-order valence-corrected chi connectivity index (χ4v) is 3.62. The first-order chi connectivity index (χ1) is 9.15. The van der Waals surface area contributed by atoms with E-state index in [0.717, 1.165) is 23.8 Å². The first-order valence-corrected chi connectivity index (χ1v) is 8.78. The van der Waals surface area contributed by atoms with Gasteiger partial charge in [0.15, 0.2) is 0 Å². The zero-order valence-corrected chi connectivity index (χ0v) is 13.8. The average molecular weight is 346 g/mol. The third-order valence-electron chi connectivity index (χ3n) is 3.65. The summed E-state index contributed by atoms with van der Waals surface area (Å²) in [4.78, 5) is 12.0. The first-order valence-electron chi connectivity index (χ1n) is 6.70. The van der Waals surface area contributed by atoms with Crippen LogP contribution < -0.4 is 10.9 Å². The minimum absolute atomic E-state index is 0.0645. The van der Waals surface area contributed by atoms with Gasteiger partial charge >= 0.3 is 0 Å². The lowest BCUT2D eigenvalue weighted by atomic mass is 9.95. The quantitative estimate of drug-likeness (QED) is 0.910. The molecule has 1 N–H and O–H groups in total. The van der Waals surface area contributed by atoms with Crippen molar-refractivity contribution in [2.75, 3.05) is 11.6 Å². The van der Waals surface area contributed by atoms with E-state index in [0.29, 0.717) is 17.1 Å². The van der Waals surface area contributed by atoms with Crippen molar-refractivity contribution in [3.05, 3.63) is 21.0 Å². The number of nitrogens with zero attached hydrogens (tertiary/aromatic N) is 2. The normalized spacial score (nSPS) is 23.3. The van der Waals surface area contributed by atoms with Gasteiger partial charge in [0.2, 0.25) is 0 Å². The Morgan fingerprint density at radius 3 is 2.74 bits per heavy atom. The van der Waals surface area contributed by atoms with Gasteiger partial charge in [-0.1, -0.05) is 0 Å². The monoisotopic (exact) mass is 345 g/mol. The number of hydrogen-bond acceptors (Lipinski definition) is 4. The Kier molecular flexibility index (Phi) is 5.33. The van der Waals surface area contributed by atoms with E-state index in [2.05, 4.69) is 32.6 Å². The summed E-state index contributed by atoms with van der Waals surface area (Å²) in [6, 6.07) is 0.457. The summed E-state index contributed by atoms with van der Waals surface area (Å²) in [6.07, 6.45) is 8.74. The predicted molar refractivity (Wildman–Crippen MR) is 85.1 cm³/mol. The highest BCUT2D eigenvalue weighted by molar-refractivity contribution is 9.10. The number of anilines is 1. The lowest BCUT2D eigenvalue weighted by molar-refractivity contribution is 0.472. The van der Waals surface area contributed by atoms with Crippen LogP contribution in [0.25, 0.3) is 0 Å². The lowest BCUT2D eigenvalue weighted by Gasteiger charge is -2.28. The zero-order chi connectivity index (χ0) is 13.8. The van der Waals surface area contributed by atoms with Crippen LogP contribution in [0.4, 0.5) is 5.69 Å². The van der Waals surface area contributed by atoms with Crippen LogP contribution in [-0.2, 0) is 6.54 Å². The molecule has 0 unspecified atom stereocenters. The van der Waals surface area contributed by atoms with Crippen LogP contribution in [0.3, 0.4) is 0 Å². The Bertz CT molecular complexity index is 483. The van der Waals surface area contributed by atoms with Gasteiger partial charge in [0.25, 0.3) is 5.56 Å². The molecule has 0 saturated heterocycles. The van der Waals surface area contributed by atoms with Gasteiger partial charge in [0.1, 0.15) is 4.47 Å². The van der Waals surface area contributed by atoms with E-state index < -0.39 is 0 Å². The molecular formula is C13H20BrN3OS. The molecule has 1 heterocycles. The summed E-state index contributed by atoms with van der Waals surface area (Å²) >= 11 is 5.35. The van der Waals surface area contributed by atoms with Gasteiger partial charge in [-0.15, -0.1) is 0 Å². The highest BCUT2D eigenvalue weighted by atomic mass is 79.9. The Balaban J connectivity index is 2.04. The van der Waals surface area contributed by atoms with Crippen LogP contribution in [0.2, 0.25) is 0 Å². The van der Waals surface area contributed by atoms with Crippen molar-refractivity contribution < 1.29 is 0 Å². The van der Waals surface area contributed by atoms with Gasteiger partial charge in [-0.25, -0.2) is 4.68 Å². The van der Waals surface area contributed by atoms with Crippen molar-refractivity contribution in [1.82, 2.24) is 9.78 Å². The van der Waals surface area contributed by atoms with Crippen LogP contribution in [-0.4, -0.2) is 27.3 Å².